The first-order valence-electron chi connectivity index (χ1n) is 7.42. The predicted molar refractivity (Wildman–Crippen MR) is 80.2 cm³/mol. The predicted octanol–water partition coefficient (Wildman–Crippen LogP) is 6.00. The molecule has 3 unspecified atom stereocenters. The van der Waals surface area contributed by atoms with Gasteiger partial charge in [0.05, 0.1) is 0 Å². The third kappa shape index (κ3) is 8.24. The van der Waals surface area contributed by atoms with Crippen molar-refractivity contribution in [3.63, 3.8) is 0 Å². The number of hydrogen-bond donors (Lipinski definition) is 0. The lowest BCUT2D eigenvalue weighted by Gasteiger charge is -2.12. The maximum Gasteiger partial charge on any atom is -0.0256 e. The molecular weight excluding hydrogens is 204 g/mol. The molecule has 0 rings (SSSR count). The lowest BCUT2D eigenvalue weighted by Crippen LogP contribution is -1.97. The van der Waals surface area contributed by atoms with Crippen molar-refractivity contribution in [2.24, 2.45) is 17.8 Å². The third-order valence-corrected chi connectivity index (χ3v) is 3.71. The van der Waals surface area contributed by atoms with Crippen LogP contribution in [0.2, 0.25) is 0 Å². The zero-order valence-corrected chi connectivity index (χ0v) is 12.8. The van der Waals surface area contributed by atoms with Crippen LogP contribution in [0.1, 0.15) is 67.2 Å². The van der Waals surface area contributed by atoms with E-state index in [1.54, 1.807) is 0 Å². The monoisotopic (exact) mass is 236 g/mol. The number of hydrogen-bond acceptors (Lipinski definition) is 0. The normalized spacial score (nSPS) is 18.4. The van der Waals surface area contributed by atoms with Crippen LogP contribution in [0.5, 0.6) is 0 Å². The molecule has 0 aliphatic rings. The highest BCUT2D eigenvalue weighted by Crippen LogP contribution is 2.19. The molecule has 0 radical (unpaired) electrons. The molecule has 0 saturated carbocycles. The standard InChI is InChI=1S/C17H32/c1-7-14(4)10-11-17(12-15(5)8-2)13-16(6)9-3/h10-12,14-16H,7-9,13H2,1-6H3. The van der Waals surface area contributed by atoms with Crippen molar-refractivity contribution in [1.29, 1.82) is 0 Å². The zero-order chi connectivity index (χ0) is 13.3. The summed E-state index contributed by atoms with van der Waals surface area (Å²) in [6.07, 6.45) is 12.2. The molecule has 0 nitrogen and oxygen atoms in total. The van der Waals surface area contributed by atoms with E-state index in [1.807, 2.05) is 0 Å². The molecule has 0 fully saturated rings. The van der Waals surface area contributed by atoms with Gasteiger partial charge in [0.2, 0.25) is 0 Å². The van der Waals surface area contributed by atoms with E-state index in [-0.39, 0.29) is 0 Å². The second kappa shape index (κ2) is 9.50. The maximum absolute atomic E-state index is 2.46. The van der Waals surface area contributed by atoms with Crippen LogP contribution in [-0.2, 0) is 0 Å². The van der Waals surface area contributed by atoms with Crippen LogP contribution >= 0.6 is 0 Å². The fourth-order valence-electron chi connectivity index (χ4n) is 1.65. The molecule has 0 bridgehead atoms. The van der Waals surface area contributed by atoms with Gasteiger partial charge in [0.15, 0.2) is 0 Å². The zero-order valence-electron chi connectivity index (χ0n) is 12.8. The summed E-state index contributed by atoms with van der Waals surface area (Å²) in [7, 11) is 0. The average Bonchev–Trinajstić information content (AvgIpc) is 2.34. The van der Waals surface area contributed by atoms with Crippen molar-refractivity contribution in [2.45, 2.75) is 67.2 Å². The highest BCUT2D eigenvalue weighted by Gasteiger charge is 2.04. The van der Waals surface area contributed by atoms with E-state index >= 15 is 0 Å². The molecule has 17 heavy (non-hydrogen) atoms. The van der Waals surface area contributed by atoms with Crippen LogP contribution in [0.3, 0.4) is 0 Å². The van der Waals surface area contributed by atoms with Gasteiger partial charge in [-0.1, -0.05) is 84.6 Å². The first-order valence-corrected chi connectivity index (χ1v) is 7.42. The summed E-state index contributed by atoms with van der Waals surface area (Å²) in [4.78, 5) is 0. The Bertz CT molecular complexity index is 234. The fraction of sp³-hybridized carbons (Fsp3) is 0.765. The van der Waals surface area contributed by atoms with Crippen molar-refractivity contribution in [2.75, 3.05) is 0 Å². The summed E-state index contributed by atoms with van der Waals surface area (Å²) in [5.41, 5.74) is 1.54. The minimum Gasteiger partial charge on any atom is -0.0814 e. The molecular formula is C17H32. The molecule has 0 heterocycles. The van der Waals surface area contributed by atoms with Crippen molar-refractivity contribution in [1.82, 2.24) is 0 Å². The van der Waals surface area contributed by atoms with Gasteiger partial charge in [-0.05, 0) is 24.2 Å². The molecule has 0 N–H and O–H groups in total. The van der Waals surface area contributed by atoms with Crippen LogP contribution in [0.25, 0.3) is 0 Å². The van der Waals surface area contributed by atoms with Gasteiger partial charge in [0, 0.05) is 0 Å². The van der Waals surface area contributed by atoms with E-state index in [4.69, 9.17) is 0 Å². The van der Waals surface area contributed by atoms with Crippen molar-refractivity contribution < 1.29 is 0 Å². The molecule has 0 spiro atoms. The van der Waals surface area contributed by atoms with E-state index in [0.717, 1.165) is 5.92 Å². The summed E-state index contributed by atoms with van der Waals surface area (Å²) < 4.78 is 0. The minimum absolute atomic E-state index is 0.701. The van der Waals surface area contributed by atoms with Crippen LogP contribution in [-0.4, -0.2) is 0 Å². The van der Waals surface area contributed by atoms with Crippen LogP contribution in [0, 0.1) is 17.8 Å². The van der Waals surface area contributed by atoms with E-state index in [1.165, 1.54) is 31.3 Å². The fourth-order valence-corrected chi connectivity index (χ4v) is 1.65. The third-order valence-electron chi connectivity index (χ3n) is 3.71. The number of rotatable bonds is 8. The second-order valence-corrected chi connectivity index (χ2v) is 5.59. The Kier molecular flexibility index (Phi) is 9.21. The first kappa shape index (κ1) is 16.5. The molecule has 0 aromatic carbocycles. The Balaban J connectivity index is 4.61. The van der Waals surface area contributed by atoms with Crippen LogP contribution in [0.15, 0.2) is 23.8 Å². The quantitative estimate of drug-likeness (QED) is 0.454. The van der Waals surface area contributed by atoms with Gasteiger partial charge >= 0.3 is 0 Å². The van der Waals surface area contributed by atoms with E-state index in [0.29, 0.717) is 11.8 Å². The van der Waals surface area contributed by atoms with Crippen LogP contribution < -0.4 is 0 Å². The molecule has 0 aliphatic carbocycles. The van der Waals surface area contributed by atoms with Gasteiger partial charge < -0.3 is 0 Å². The van der Waals surface area contributed by atoms with Crippen molar-refractivity contribution in [3.8, 4) is 0 Å². The largest absolute Gasteiger partial charge is 0.0814 e. The minimum atomic E-state index is 0.701. The molecule has 0 saturated heterocycles. The summed E-state index contributed by atoms with van der Waals surface area (Å²) >= 11 is 0. The van der Waals surface area contributed by atoms with E-state index in [2.05, 4.69) is 59.8 Å². The Morgan fingerprint density at radius 2 is 1.47 bits per heavy atom. The number of allylic oxidation sites excluding steroid dienone is 4. The molecule has 3 atom stereocenters. The average molecular weight is 236 g/mol. The Morgan fingerprint density at radius 1 is 0.882 bits per heavy atom. The summed E-state index contributed by atoms with van der Waals surface area (Å²) in [5.74, 6) is 2.20. The first-order chi connectivity index (χ1) is 8.03. The van der Waals surface area contributed by atoms with Crippen molar-refractivity contribution >= 4 is 0 Å². The van der Waals surface area contributed by atoms with Gasteiger partial charge in [-0.3, -0.25) is 0 Å². The smallest absolute Gasteiger partial charge is 0.0256 e. The van der Waals surface area contributed by atoms with Crippen LogP contribution in [0.4, 0.5) is 0 Å². The molecule has 0 amide bonds. The van der Waals surface area contributed by atoms with Gasteiger partial charge in [-0.2, -0.15) is 0 Å². The lowest BCUT2D eigenvalue weighted by molar-refractivity contribution is 0.556. The Morgan fingerprint density at radius 3 is 1.94 bits per heavy atom. The summed E-state index contributed by atoms with van der Waals surface area (Å²) in [5, 5.41) is 0. The van der Waals surface area contributed by atoms with E-state index in [9.17, 15) is 0 Å². The Hall–Kier alpha value is -0.520. The second-order valence-electron chi connectivity index (χ2n) is 5.59. The molecule has 100 valence electrons. The summed E-state index contributed by atoms with van der Waals surface area (Å²) in [6.45, 7) is 13.8. The van der Waals surface area contributed by atoms with Crippen molar-refractivity contribution in [3.05, 3.63) is 23.8 Å². The SMILES string of the molecule is CCC(C)C=CC(=CC(C)CC)CC(C)CC. The van der Waals surface area contributed by atoms with Gasteiger partial charge in [-0.15, -0.1) is 0 Å². The highest BCUT2D eigenvalue weighted by molar-refractivity contribution is 5.20. The molecule has 0 aliphatic heterocycles. The van der Waals surface area contributed by atoms with Gasteiger partial charge in [-0.25, -0.2) is 0 Å². The molecule has 0 aromatic rings. The van der Waals surface area contributed by atoms with E-state index < -0.39 is 0 Å². The topological polar surface area (TPSA) is 0 Å². The van der Waals surface area contributed by atoms with Gasteiger partial charge in [0.25, 0.3) is 0 Å². The molecule has 0 aromatic heterocycles. The van der Waals surface area contributed by atoms with Gasteiger partial charge in [0.1, 0.15) is 0 Å². The summed E-state index contributed by atoms with van der Waals surface area (Å²) in [6, 6.07) is 0. The highest BCUT2D eigenvalue weighted by atomic mass is 14.1. The molecule has 0 heteroatoms. The Labute approximate surface area is 109 Å². The lowest BCUT2D eigenvalue weighted by atomic mass is 9.94. The maximum atomic E-state index is 2.46.